The molecule has 1 aromatic rings. The van der Waals surface area contributed by atoms with E-state index in [4.69, 9.17) is 5.73 Å². The van der Waals surface area contributed by atoms with E-state index in [1.807, 2.05) is 5.48 Å². The number of carbonyl (C=O) groups is 1. The highest BCUT2D eigenvalue weighted by molar-refractivity contribution is 5.98. The Labute approximate surface area is 74.4 Å². The second kappa shape index (κ2) is 3.86. The zero-order valence-corrected chi connectivity index (χ0v) is 7.00. The van der Waals surface area contributed by atoms with Crippen LogP contribution < -0.4 is 11.2 Å². The van der Waals surface area contributed by atoms with Crippen molar-refractivity contribution in [2.24, 2.45) is 0 Å². The SMILES string of the molecule is CONC(=O)c1cccc(F)c1N. The van der Waals surface area contributed by atoms with Crippen LogP contribution in [0.1, 0.15) is 10.4 Å². The number of amides is 1. The number of hydroxylamine groups is 1. The Kier molecular flexibility index (Phi) is 2.81. The summed E-state index contributed by atoms with van der Waals surface area (Å²) in [4.78, 5) is 15.5. The molecular weight excluding hydrogens is 175 g/mol. The molecule has 3 N–H and O–H groups in total. The van der Waals surface area contributed by atoms with E-state index in [1.165, 1.54) is 25.3 Å². The summed E-state index contributed by atoms with van der Waals surface area (Å²) < 4.78 is 12.8. The first-order valence-electron chi connectivity index (χ1n) is 3.54. The summed E-state index contributed by atoms with van der Waals surface area (Å²) >= 11 is 0. The quantitative estimate of drug-likeness (QED) is 0.525. The van der Waals surface area contributed by atoms with Crippen LogP contribution in [0.2, 0.25) is 0 Å². The first-order valence-corrected chi connectivity index (χ1v) is 3.54. The largest absolute Gasteiger partial charge is 0.396 e. The monoisotopic (exact) mass is 184 g/mol. The van der Waals surface area contributed by atoms with E-state index in [-0.39, 0.29) is 11.3 Å². The molecule has 5 heteroatoms. The van der Waals surface area contributed by atoms with Gasteiger partial charge in [0.1, 0.15) is 5.82 Å². The Bertz CT molecular complexity index is 328. The summed E-state index contributed by atoms with van der Waals surface area (Å²) in [5, 5.41) is 0. The Morgan fingerprint density at radius 3 is 2.92 bits per heavy atom. The van der Waals surface area contributed by atoms with Gasteiger partial charge in [0.05, 0.1) is 18.4 Å². The Morgan fingerprint density at radius 1 is 1.62 bits per heavy atom. The van der Waals surface area contributed by atoms with Crippen LogP contribution in [-0.4, -0.2) is 13.0 Å². The van der Waals surface area contributed by atoms with Gasteiger partial charge in [-0.25, -0.2) is 9.87 Å². The highest BCUT2D eigenvalue weighted by Gasteiger charge is 2.11. The molecule has 0 aromatic heterocycles. The Balaban J connectivity index is 3.01. The van der Waals surface area contributed by atoms with Crippen LogP contribution in [-0.2, 0) is 4.84 Å². The van der Waals surface area contributed by atoms with E-state index in [0.29, 0.717) is 0 Å². The van der Waals surface area contributed by atoms with Crippen LogP contribution >= 0.6 is 0 Å². The van der Waals surface area contributed by atoms with Gasteiger partial charge in [-0.15, -0.1) is 0 Å². The van der Waals surface area contributed by atoms with Gasteiger partial charge >= 0.3 is 0 Å². The predicted molar refractivity (Wildman–Crippen MR) is 45.3 cm³/mol. The maximum absolute atomic E-state index is 12.8. The fourth-order valence-corrected chi connectivity index (χ4v) is 0.883. The second-order valence-corrected chi connectivity index (χ2v) is 2.34. The van der Waals surface area contributed by atoms with E-state index < -0.39 is 11.7 Å². The van der Waals surface area contributed by atoms with Crippen molar-refractivity contribution in [1.82, 2.24) is 5.48 Å². The molecule has 0 atom stereocenters. The normalized spacial score (nSPS) is 9.69. The molecular formula is C8H9FN2O2. The summed E-state index contributed by atoms with van der Waals surface area (Å²) in [6, 6.07) is 3.99. The molecule has 0 unspecified atom stereocenters. The lowest BCUT2D eigenvalue weighted by atomic mass is 10.1. The van der Waals surface area contributed by atoms with Gasteiger partial charge in [0.2, 0.25) is 0 Å². The van der Waals surface area contributed by atoms with Gasteiger partial charge < -0.3 is 5.73 Å². The molecule has 0 aliphatic carbocycles. The number of rotatable bonds is 2. The topological polar surface area (TPSA) is 64.3 Å². The zero-order valence-electron chi connectivity index (χ0n) is 7.00. The van der Waals surface area contributed by atoms with Crippen molar-refractivity contribution in [2.75, 3.05) is 12.8 Å². The number of para-hydroxylation sites is 1. The minimum Gasteiger partial charge on any atom is -0.396 e. The standard InChI is InChI=1S/C8H9FN2O2/c1-13-11-8(12)5-3-2-4-6(9)7(5)10/h2-4H,10H2,1H3,(H,11,12). The summed E-state index contributed by atoms with van der Waals surface area (Å²) in [6.07, 6.45) is 0. The first kappa shape index (κ1) is 9.47. The molecule has 4 nitrogen and oxygen atoms in total. The number of hydrogen-bond acceptors (Lipinski definition) is 3. The fourth-order valence-electron chi connectivity index (χ4n) is 0.883. The van der Waals surface area contributed by atoms with Gasteiger partial charge in [0.25, 0.3) is 5.91 Å². The highest BCUT2D eigenvalue weighted by atomic mass is 19.1. The molecule has 0 radical (unpaired) electrons. The predicted octanol–water partition coefficient (Wildman–Crippen LogP) is 0.699. The smallest absolute Gasteiger partial charge is 0.277 e. The third-order valence-corrected chi connectivity index (χ3v) is 1.49. The van der Waals surface area contributed by atoms with E-state index in [0.717, 1.165) is 0 Å². The number of nitrogens with one attached hydrogen (secondary N) is 1. The average Bonchev–Trinajstić information content (AvgIpc) is 2.10. The Morgan fingerprint density at radius 2 is 2.31 bits per heavy atom. The zero-order chi connectivity index (χ0) is 9.84. The van der Waals surface area contributed by atoms with Gasteiger partial charge in [0.15, 0.2) is 0 Å². The molecule has 0 aliphatic rings. The summed E-state index contributed by atoms with van der Waals surface area (Å²) in [5.74, 6) is -1.19. The molecule has 0 bridgehead atoms. The van der Waals surface area contributed by atoms with E-state index in [9.17, 15) is 9.18 Å². The maximum atomic E-state index is 12.8. The van der Waals surface area contributed by atoms with Crippen LogP contribution in [0.5, 0.6) is 0 Å². The summed E-state index contributed by atoms with van der Waals surface area (Å²) in [7, 11) is 1.29. The number of benzene rings is 1. The van der Waals surface area contributed by atoms with Gasteiger partial charge in [-0.1, -0.05) is 6.07 Å². The minimum atomic E-state index is -0.622. The number of nitrogen functional groups attached to an aromatic ring is 1. The van der Waals surface area contributed by atoms with Gasteiger partial charge in [-0.05, 0) is 12.1 Å². The molecule has 0 aliphatic heterocycles. The van der Waals surface area contributed by atoms with E-state index >= 15 is 0 Å². The molecule has 1 rings (SSSR count). The highest BCUT2D eigenvalue weighted by Crippen LogP contribution is 2.15. The van der Waals surface area contributed by atoms with Crippen molar-refractivity contribution in [3.63, 3.8) is 0 Å². The molecule has 0 spiro atoms. The molecule has 70 valence electrons. The maximum Gasteiger partial charge on any atom is 0.277 e. The Hall–Kier alpha value is -1.62. The van der Waals surface area contributed by atoms with Gasteiger partial charge in [0, 0.05) is 0 Å². The van der Waals surface area contributed by atoms with Gasteiger partial charge in [-0.3, -0.25) is 9.63 Å². The van der Waals surface area contributed by atoms with Crippen molar-refractivity contribution < 1.29 is 14.0 Å². The third-order valence-electron chi connectivity index (χ3n) is 1.49. The summed E-state index contributed by atoms with van der Waals surface area (Å²) in [6.45, 7) is 0. The molecule has 0 saturated carbocycles. The first-order chi connectivity index (χ1) is 6.16. The van der Waals surface area contributed by atoms with Crippen LogP contribution in [0.25, 0.3) is 0 Å². The average molecular weight is 184 g/mol. The number of hydrogen-bond donors (Lipinski definition) is 2. The molecule has 1 amide bonds. The lowest BCUT2D eigenvalue weighted by molar-refractivity contribution is 0.0538. The van der Waals surface area contributed by atoms with Crippen molar-refractivity contribution in [3.05, 3.63) is 29.6 Å². The number of anilines is 1. The molecule has 0 heterocycles. The van der Waals surface area contributed by atoms with Crippen LogP contribution in [0, 0.1) is 5.82 Å². The molecule has 1 aromatic carbocycles. The van der Waals surface area contributed by atoms with Crippen LogP contribution in [0.15, 0.2) is 18.2 Å². The van der Waals surface area contributed by atoms with Crippen LogP contribution in [0.4, 0.5) is 10.1 Å². The van der Waals surface area contributed by atoms with Crippen molar-refractivity contribution in [1.29, 1.82) is 0 Å². The van der Waals surface area contributed by atoms with Crippen molar-refractivity contribution in [3.8, 4) is 0 Å². The van der Waals surface area contributed by atoms with Crippen molar-refractivity contribution >= 4 is 11.6 Å². The van der Waals surface area contributed by atoms with Crippen molar-refractivity contribution in [2.45, 2.75) is 0 Å². The lowest BCUT2D eigenvalue weighted by Crippen LogP contribution is -2.23. The lowest BCUT2D eigenvalue weighted by Gasteiger charge is -2.05. The summed E-state index contributed by atoms with van der Waals surface area (Å²) in [5.41, 5.74) is 7.24. The minimum absolute atomic E-state index is 0.0573. The van der Waals surface area contributed by atoms with Gasteiger partial charge in [-0.2, -0.15) is 0 Å². The van der Waals surface area contributed by atoms with Crippen LogP contribution in [0.3, 0.4) is 0 Å². The van der Waals surface area contributed by atoms with E-state index in [2.05, 4.69) is 4.84 Å². The second-order valence-electron chi connectivity index (χ2n) is 2.34. The number of halogens is 1. The number of carbonyl (C=O) groups excluding carboxylic acids is 1. The molecule has 0 fully saturated rings. The molecule has 0 saturated heterocycles. The van der Waals surface area contributed by atoms with E-state index in [1.54, 1.807) is 0 Å². The molecule has 13 heavy (non-hydrogen) atoms. The number of nitrogens with two attached hydrogens (primary N) is 1. The third kappa shape index (κ3) is 1.94. The fraction of sp³-hybridized carbons (Fsp3) is 0.125.